The standard InChI is InChI=1S/C52H35N/c1-2-8-36(9-3-1)45-24-30-51-46(34-45)18-19-47-35-50(29-31-52(47)51)53(48-25-20-39(21-26-48)43-16-14-37-10-4-6-12-41(37)32-43)49-27-22-40(23-28-49)44-17-15-38-11-5-7-13-42(38)33-44/h1-35H. The second kappa shape index (κ2) is 13.0. The number of hydrogen-bond donors (Lipinski definition) is 0. The highest BCUT2D eigenvalue weighted by atomic mass is 15.1. The van der Waals surface area contributed by atoms with Crippen molar-refractivity contribution in [2.75, 3.05) is 4.90 Å². The Hall–Kier alpha value is -6.96. The molecule has 0 fully saturated rings. The molecule has 0 amide bonds. The van der Waals surface area contributed by atoms with Crippen LogP contribution in [0.25, 0.3) is 76.5 Å². The second-order valence-corrected chi connectivity index (χ2v) is 13.8. The molecule has 0 unspecified atom stereocenters. The van der Waals surface area contributed by atoms with E-state index in [2.05, 4.69) is 217 Å². The van der Waals surface area contributed by atoms with E-state index in [9.17, 15) is 0 Å². The van der Waals surface area contributed by atoms with Gasteiger partial charge in [-0.25, -0.2) is 0 Å². The van der Waals surface area contributed by atoms with Crippen LogP contribution in [0.1, 0.15) is 0 Å². The highest BCUT2D eigenvalue weighted by molar-refractivity contribution is 6.09. The molecule has 1 heteroatoms. The van der Waals surface area contributed by atoms with Gasteiger partial charge in [-0.15, -0.1) is 0 Å². The van der Waals surface area contributed by atoms with E-state index in [0.717, 1.165) is 17.1 Å². The first-order chi connectivity index (χ1) is 26.2. The van der Waals surface area contributed by atoms with Crippen LogP contribution in [0, 0.1) is 0 Å². The quantitative estimate of drug-likeness (QED) is 0.159. The van der Waals surface area contributed by atoms with Crippen molar-refractivity contribution in [1.29, 1.82) is 0 Å². The van der Waals surface area contributed by atoms with E-state index in [0.29, 0.717) is 0 Å². The van der Waals surface area contributed by atoms with Crippen LogP contribution in [0.4, 0.5) is 17.1 Å². The number of rotatable bonds is 6. The summed E-state index contributed by atoms with van der Waals surface area (Å²) in [5.41, 5.74) is 10.6. The third-order valence-electron chi connectivity index (χ3n) is 10.6. The van der Waals surface area contributed by atoms with Crippen LogP contribution in [-0.4, -0.2) is 0 Å². The van der Waals surface area contributed by atoms with Crippen LogP contribution in [0.3, 0.4) is 0 Å². The Morgan fingerprint density at radius 2 is 0.566 bits per heavy atom. The van der Waals surface area contributed by atoms with Crippen molar-refractivity contribution in [2.45, 2.75) is 0 Å². The van der Waals surface area contributed by atoms with Crippen LogP contribution in [0.5, 0.6) is 0 Å². The average Bonchev–Trinajstić information content (AvgIpc) is 3.24. The molecule has 0 saturated carbocycles. The van der Waals surface area contributed by atoms with Crippen LogP contribution >= 0.6 is 0 Å². The fraction of sp³-hybridized carbons (Fsp3) is 0. The maximum atomic E-state index is 2.37. The zero-order valence-electron chi connectivity index (χ0n) is 29.2. The summed E-state index contributed by atoms with van der Waals surface area (Å²) in [4.78, 5) is 2.37. The monoisotopic (exact) mass is 673 g/mol. The fourth-order valence-electron chi connectivity index (χ4n) is 7.80. The third-order valence-corrected chi connectivity index (χ3v) is 10.6. The minimum Gasteiger partial charge on any atom is -0.310 e. The lowest BCUT2D eigenvalue weighted by atomic mass is 9.97. The molecule has 0 aliphatic rings. The minimum absolute atomic E-state index is 1.11. The largest absolute Gasteiger partial charge is 0.310 e. The molecule has 0 aliphatic heterocycles. The van der Waals surface area contributed by atoms with E-state index in [-0.39, 0.29) is 0 Å². The summed E-state index contributed by atoms with van der Waals surface area (Å²) in [7, 11) is 0. The number of fused-ring (bicyclic) bond motifs is 5. The summed E-state index contributed by atoms with van der Waals surface area (Å²) >= 11 is 0. The maximum Gasteiger partial charge on any atom is 0.0468 e. The molecule has 0 heterocycles. The van der Waals surface area contributed by atoms with Gasteiger partial charge in [0, 0.05) is 17.1 Å². The molecule has 0 atom stereocenters. The van der Waals surface area contributed by atoms with Crippen molar-refractivity contribution in [3.63, 3.8) is 0 Å². The van der Waals surface area contributed by atoms with Gasteiger partial charge in [0.05, 0.1) is 0 Å². The second-order valence-electron chi connectivity index (χ2n) is 13.8. The van der Waals surface area contributed by atoms with Crippen molar-refractivity contribution in [1.82, 2.24) is 0 Å². The molecule has 53 heavy (non-hydrogen) atoms. The Kier molecular flexibility index (Phi) is 7.55. The SMILES string of the molecule is c1ccc(-c2ccc3c(ccc4cc(N(c5ccc(-c6ccc7ccccc7c6)cc5)c5ccc(-c6ccc7ccccc7c6)cc5)ccc43)c2)cc1. The van der Waals surface area contributed by atoms with E-state index >= 15 is 0 Å². The fourth-order valence-corrected chi connectivity index (χ4v) is 7.80. The molecule has 1 nitrogen and oxygen atoms in total. The average molecular weight is 674 g/mol. The van der Waals surface area contributed by atoms with Gasteiger partial charge in [-0.05, 0) is 131 Å². The summed E-state index contributed by atoms with van der Waals surface area (Å²) in [6.07, 6.45) is 0. The van der Waals surface area contributed by atoms with E-state index < -0.39 is 0 Å². The van der Waals surface area contributed by atoms with Crippen molar-refractivity contribution >= 4 is 60.2 Å². The minimum atomic E-state index is 1.11. The molecule has 0 bridgehead atoms. The van der Waals surface area contributed by atoms with Gasteiger partial charge in [-0.3, -0.25) is 0 Å². The molecule has 0 aliphatic carbocycles. The van der Waals surface area contributed by atoms with Crippen LogP contribution in [-0.2, 0) is 0 Å². The van der Waals surface area contributed by atoms with Crippen LogP contribution < -0.4 is 4.90 Å². The maximum absolute atomic E-state index is 2.37. The Morgan fingerprint density at radius 3 is 1.11 bits per heavy atom. The Balaban J connectivity index is 1.05. The highest BCUT2D eigenvalue weighted by Gasteiger charge is 2.15. The first kappa shape index (κ1) is 30.8. The predicted molar refractivity (Wildman–Crippen MR) is 227 cm³/mol. The van der Waals surface area contributed by atoms with Gasteiger partial charge < -0.3 is 4.90 Å². The zero-order valence-corrected chi connectivity index (χ0v) is 29.2. The Bertz CT molecular complexity index is 2800. The van der Waals surface area contributed by atoms with Crippen LogP contribution in [0.15, 0.2) is 212 Å². The van der Waals surface area contributed by atoms with Crippen molar-refractivity contribution in [3.05, 3.63) is 212 Å². The molecule has 0 N–H and O–H groups in total. The van der Waals surface area contributed by atoms with Crippen LogP contribution in [0.2, 0.25) is 0 Å². The molecular weight excluding hydrogens is 639 g/mol. The highest BCUT2D eigenvalue weighted by Crippen LogP contribution is 2.40. The normalized spacial score (nSPS) is 11.4. The summed E-state index contributed by atoms with van der Waals surface area (Å²) in [6, 6.07) is 77.3. The van der Waals surface area contributed by atoms with Crippen molar-refractivity contribution < 1.29 is 0 Å². The number of benzene rings is 10. The van der Waals surface area contributed by atoms with Gasteiger partial charge in [0.1, 0.15) is 0 Å². The first-order valence-corrected chi connectivity index (χ1v) is 18.2. The topological polar surface area (TPSA) is 3.24 Å². The molecule has 0 aromatic heterocycles. The lowest BCUT2D eigenvalue weighted by Gasteiger charge is -2.26. The predicted octanol–water partition coefficient (Wildman–Crippen LogP) is 14.8. The Morgan fingerprint density at radius 1 is 0.208 bits per heavy atom. The van der Waals surface area contributed by atoms with Gasteiger partial charge in [0.2, 0.25) is 0 Å². The molecule has 248 valence electrons. The third kappa shape index (κ3) is 5.79. The summed E-state index contributed by atoms with van der Waals surface area (Å²) in [5.74, 6) is 0. The lowest BCUT2D eigenvalue weighted by Crippen LogP contribution is -2.09. The summed E-state index contributed by atoms with van der Waals surface area (Å²) < 4.78 is 0. The molecular formula is C52H35N. The smallest absolute Gasteiger partial charge is 0.0468 e. The van der Waals surface area contributed by atoms with E-state index in [4.69, 9.17) is 0 Å². The van der Waals surface area contributed by atoms with E-state index in [1.807, 2.05) is 0 Å². The molecule has 0 spiro atoms. The molecule has 0 radical (unpaired) electrons. The molecule has 10 rings (SSSR count). The molecule has 10 aromatic rings. The van der Waals surface area contributed by atoms with Gasteiger partial charge in [-0.1, -0.05) is 158 Å². The van der Waals surface area contributed by atoms with Gasteiger partial charge in [-0.2, -0.15) is 0 Å². The summed E-state index contributed by atoms with van der Waals surface area (Å²) in [6.45, 7) is 0. The number of hydrogen-bond acceptors (Lipinski definition) is 1. The Labute approximate surface area is 309 Å². The zero-order chi connectivity index (χ0) is 35.1. The van der Waals surface area contributed by atoms with Gasteiger partial charge in [0.25, 0.3) is 0 Å². The summed E-state index contributed by atoms with van der Waals surface area (Å²) in [5, 5.41) is 10.00. The number of nitrogens with zero attached hydrogens (tertiary/aromatic N) is 1. The van der Waals surface area contributed by atoms with E-state index in [1.165, 1.54) is 76.5 Å². The first-order valence-electron chi connectivity index (χ1n) is 18.2. The lowest BCUT2D eigenvalue weighted by molar-refractivity contribution is 1.29. The number of anilines is 3. The van der Waals surface area contributed by atoms with Gasteiger partial charge >= 0.3 is 0 Å². The van der Waals surface area contributed by atoms with Crippen molar-refractivity contribution in [2.24, 2.45) is 0 Å². The van der Waals surface area contributed by atoms with E-state index in [1.54, 1.807) is 0 Å². The molecule has 10 aromatic carbocycles. The van der Waals surface area contributed by atoms with Crippen molar-refractivity contribution in [3.8, 4) is 33.4 Å². The molecule has 0 saturated heterocycles. The van der Waals surface area contributed by atoms with Gasteiger partial charge in [0.15, 0.2) is 0 Å².